The van der Waals surface area contributed by atoms with Crippen LogP contribution in [0.15, 0.2) is 24.3 Å². The first kappa shape index (κ1) is 18.4. The molecule has 2 heterocycles. The summed E-state index contributed by atoms with van der Waals surface area (Å²) in [6, 6.07) is 8.03. The zero-order chi connectivity index (χ0) is 18.9. The zero-order valence-corrected chi connectivity index (χ0v) is 16.2. The molecule has 1 N–H and O–H groups in total. The number of aromatic nitrogens is 2. The van der Waals surface area contributed by atoms with Crippen molar-refractivity contribution in [2.75, 3.05) is 6.54 Å². The molecule has 2 aromatic rings. The number of fused-ring (bicyclic) bond motifs is 1. The number of benzene rings is 1. The monoisotopic (exact) mass is 353 g/mol. The van der Waals surface area contributed by atoms with Crippen LogP contribution in [-0.2, 0) is 11.2 Å². The van der Waals surface area contributed by atoms with Crippen LogP contribution in [0.4, 0.5) is 0 Å². The van der Waals surface area contributed by atoms with Crippen LogP contribution in [0.1, 0.15) is 44.1 Å². The van der Waals surface area contributed by atoms with Gasteiger partial charge in [0.05, 0.1) is 12.1 Å². The number of rotatable bonds is 4. The molecule has 5 heteroatoms. The molecule has 5 nitrogen and oxygen atoms in total. The van der Waals surface area contributed by atoms with Gasteiger partial charge in [0.1, 0.15) is 11.9 Å². The Morgan fingerprint density at radius 2 is 1.92 bits per heavy atom. The summed E-state index contributed by atoms with van der Waals surface area (Å²) >= 11 is 0. The molecule has 138 valence electrons. The number of carbonyl (C=O) groups excluding carboxylic acids is 1. The molecular formula is C21H27N3O2. The fraction of sp³-hybridized carbons (Fsp3) is 0.476. The predicted octanol–water partition coefficient (Wildman–Crippen LogP) is 3.62. The molecule has 1 aliphatic heterocycles. The zero-order valence-electron chi connectivity index (χ0n) is 16.2. The summed E-state index contributed by atoms with van der Waals surface area (Å²) in [7, 11) is 0. The third-order valence-electron chi connectivity index (χ3n) is 4.27. The third-order valence-corrected chi connectivity index (χ3v) is 4.27. The van der Waals surface area contributed by atoms with E-state index in [0.717, 1.165) is 34.7 Å². The van der Waals surface area contributed by atoms with E-state index in [9.17, 15) is 4.79 Å². The molecule has 1 aliphatic rings. The Bertz CT molecular complexity index is 804. The number of amides is 1. The minimum absolute atomic E-state index is 0.0167. The van der Waals surface area contributed by atoms with Crippen LogP contribution in [0.5, 0.6) is 5.75 Å². The highest BCUT2D eigenvalue weighted by Crippen LogP contribution is 2.37. The van der Waals surface area contributed by atoms with Crippen molar-refractivity contribution in [3.05, 3.63) is 41.2 Å². The van der Waals surface area contributed by atoms with Crippen molar-refractivity contribution < 1.29 is 9.53 Å². The molecule has 0 saturated carbocycles. The first-order chi connectivity index (χ1) is 12.2. The van der Waals surface area contributed by atoms with Gasteiger partial charge in [-0.15, -0.1) is 0 Å². The summed E-state index contributed by atoms with van der Waals surface area (Å²) in [5.74, 6) is 1.60. The number of ether oxygens (including phenoxy) is 1. The second kappa shape index (κ2) is 7.06. The van der Waals surface area contributed by atoms with Crippen LogP contribution in [-0.4, -0.2) is 28.5 Å². The van der Waals surface area contributed by atoms with Crippen LogP contribution in [0, 0.1) is 19.3 Å². The maximum absolute atomic E-state index is 12.1. The predicted molar refractivity (Wildman–Crippen MR) is 102 cm³/mol. The number of nitrogens with one attached hydrogen (secondary N) is 1. The Hall–Kier alpha value is -2.43. The number of carbonyl (C=O) groups is 1. The third kappa shape index (κ3) is 4.40. The van der Waals surface area contributed by atoms with Gasteiger partial charge >= 0.3 is 0 Å². The lowest BCUT2D eigenvalue weighted by atomic mass is 9.92. The molecule has 1 unspecified atom stereocenters. The van der Waals surface area contributed by atoms with E-state index in [1.54, 1.807) is 0 Å². The second-order valence-electron chi connectivity index (χ2n) is 8.25. The van der Waals surface area contributed by atoms with Crippen LogP contribution < -0.4 is 10.1 Å². The lowest BCUT2D eigenvalue weighted by Gasteiger charge is -2.18. The topological polar surface area (TPSA) is 64.1 Å². The minimum atomic E-state index is -0.0547. The fourth-order valence-corrected chi connectivity index (χ4v) is 3.25. The molecule has 26 heavy (non-hydrogen) atoms. The van der Waals surface area contributed by atoms with Crippen LogP contribution >= 0.6 is 0 Å². The Morgan fingerprint density at radius 1 is 1.23 bits per heavy atom. The maximum atomic E-state index is 12.1. The van der Waals surface area contributed by atoms with Crippen LogP contribution in [0.25, 0.3) is 11.4 Å². The standard InChI is InChI=1S/C21H27N3O2/c1-13-9-14(2)24-20(23-13)17-8-6-7-15-10-16(26-19(15)17)12-22-18(25)11-21(3,4)5/h6-9,16H,10-12H2,1-5H3,(H,22,25). The number of hydrogen-bond acceptors (Lipinski definition) is 4. The lowest BCUT2D eigenvalue weighted by molar-refractivity contribution is -0.123. The van der Waals surface area contributed by atoms with Crippen LogP contribution in [0.3, 0.4) is 0 Å². The smallest absolute Gasteiger partial charge is 0.220 e. The number of aryl methyl sites for hydroxylation is 2. The van der Waals surface area contributed by atoms with Crippen molar-refractivity contribution in [3.8, 4) is 17.1 Å². The Balaban J connectivity index is 1.72. The normalized spacial score (nSPS) is 16.1. The van der Waals surface area contributed by atoms with Crippen molar-refractivity contribution in [2.45, 2.75) is 53.6 Å². The number of nitrogens with zero attached hydrogens (tertiary/aromatic N) is 2. The Kier molecular flexibility index (Phi) is 4.99. The lowest BCUT2D eigenvalue weighted by Crippen LogP contribution is -2.36. The summed E-state index contributed by atoms with van der Waals surface area (Å²) in [6.07, 6.45) is 1.24. The first-order valence-electron chi connectivity index (χ1n) is 9.09. The van der Waals surface area contributed by atoms with E-state index in [-0.39, 0.29) is 17.4 Å². The van der Waals surface area contributed by atoms with Gasteiger partial charge in [-0.1, -0.05) is 32.9 Å². The van der Waals surface area contributed by atoms with Crippen LogP contribution in [0.2, 0.25) is 0 Å². The molecule has 0 bridgehead atoms. The van der Waals surface area contributed by atoms with E-state index >= 15 is 0 Å². The van der Waals surface area contributed by atoms with Gasteiger partial charge in [0.2, 0.25) is 5.91 Å². The van der Waals surface area contributed by atoms with Gasteiger partial charge < -0.3 is 10.1 Å². The van der Waals surface area contributed by atoms with Gasteiger partial charge in [-0.05, 0) is 37.0 Å². The quantitative estimate of drug-likeness (QED) is 0.912. The van der Waals surface area contributed by atoms with Crippen molar-refractivity contribution in [1.82, 2.24) is 15.3 Å². The maximum Gasteiger partial charge on any atom is 0.220 e. The van der Waals surface area contributed by atoms with E-state index in [1.165, 1.54) is 0 Å². The number of para-hydroxylation sites is 1. The van der Waals surface area contributed by atoms with Gasteiger partial charge in [-0.3, -0.25) is 4.79 Å². The highest BCUT2D eigenvalue weighted by molar-refractivity contribution is 5.76. The van der Waals surface area contributed by atoms with Gasteiger partial charge in [-0.25, -0.2) is 9.97 Å². The number of hydrogen-bond donors (Lipinski definition) is 1. The van der Waals surface area contributed by atoms with Crippen molar-refractivity contribution in [1.29, 1.82) is 0 Å². The van der Waals surface area contributed by atoms with E-state index < -0.39 is 0 Å². The summed E-state index contributed by atoms with van der Waals surface area (Å²) in [5.41, 5.74) is 3.92. The molecule has 0 saturated heterocycles. The summed E-state index contributed by atoms with van der Waals surface area (Å²) in [6.45, 7) is 10.6. The molecule has 1 amide bonds. The molecule has 1 aromatic carbocycles. The van der Waals surface area contributed by atoms with Crippen molar-refractivity contribution >= 4 is 5.91 Å². The van der Waals surface area contributed by atoms with E-state index in [4.69, 9.17) is 4.74 Å². The summed E-state index contributed by atoms with van der Waals surface area (Å²) in [5, 5.41) is 3.00. The molecule has 0 radical (unpaired) electrons. The largest absolute Gasteiger partial charge is 0.487 e. The average molecular weight is 353 g/mol. The van der Waals surface area contributed by atoms with Crippen molar-refractivity contribution in [2.24, 2.45) is 5.41 Å². The second-order valence-corrected chi connectivity index (χ2v) is 8.25. The molecule has 1 atom stereocenters. The molecule has 1 aromatic heterocycles. The van der Waals surface area contributed by atoms with Gasteiger partial charge in [0.25, 0.3) is 0 Å². The average Bonchev–Trinajstić information content (AvgIpc) is 2.93. The molecular weight excluding hydrogens is 326 g/mol. The Morgan fingerprint density at radius 3 is 2.58 bits per heavy atom. The molecule has 0 fully saturated rings. The molecule has 0 spiro atoms. The van der Waals surface area contributed by atoms with E-state index in [1.807, 2.05) is 32.0 Å². The van der Waals surface area contributed by atoms with Gasteiger partial charge in [0.15, 0.2) is 5.82 Å². The highest BCUT2D eigenvalue weighted by atomic mass is 16.5. The first-order valence-corrected chi connectivity index (χ1v) is 9.09. The Labute approximate surface area is 155 Å². The summed E-state index contributed by atoms with van der Waals surface area (Å²) < 4.78 is 6.16. The van der Waals surface area contributed by atoms with E-state index in [2.05, 4.69) is 42.1 Å². The van der Waals surface area contributed by atoms with Gasteiger partial charge in [-0.2, -0.15) is 0 Å². The molecule has 0 aliphatic carbocycles. The fourth-order valence-electron chi connectivity index (χ4n) is 3.25. The summed E-state index contributed by atoms with van der Waals surface area (Å²) in [4.78, 5) is 21.2. The SMILES string of the molecule is Cc1cc(C)nc(-c2cccc3c2OC(CNC(=O)CC(C)(C)C)C3)n1. The van der Waals surface area contributed by atoms with Crippen molar-refractivity contribution in [3.63, 3.8) is 0 Å². The molecule has 3 rings (SSSR count). The van der Waals surface area contributed by atoms with Gasteiger partial charge in [0, 0.05) is 24.2 Å². The minimum Gasteiger partial charge on any atom is -0.487 e. The van der Waals surface area contributed by atoms with E-state index in [0.29, 0.717) is 18.8 Å². The highest BCUT2D eigenvalue weighted by Gasteiger charge is 2.27.